The number of imide groups is 2. The standard InChI is InChI=1S/C18H24N2O14S2/c1-3-5-10(18(26)34-20-14(22)8-12(16(20)24)36(30,31)32)6-9(4-2)17(25)33-19-13(21)7-11(15(19)23)35(27,28)29/h9-12H,3-8H2,1-2H3,(H,27,28,29)(H,30,31,32). The van der Waals surface area contributed by atoms with E-state index in [1.165, 1.54) is 6.92 Å². The Balaban J connectivity index is 2.11. The highest BCUT2D eigenvalue weighted by Gasteiger charge is 2.50. The van der Waals surface area contributed by atoms with Gasteiger partial charge in [0.2, 0.25) is 0 Å². The van der Waals surface area contributed by atoms with Gasteiger partial charge in [-0.15, -0.1) is 10.1 Å². The number of carbonyl (C=O) groups is 6. The molecule has 2 N–H and O–H groups in total. The van der Waals surface area contributed by atoms with Gasteiger partial charge in [0.25, 0.3) is 43.9 Å². The first kappa shape index (κ1) is 29.3. The van der Waals surface area contributed by atoms with Gasteiger partial charge in [0, 0.05) is 0 Å². The van der Waals surface area contributed by atoms with Crippen molar-refractivity contribution in [2.24, 2.45) is 11.8 Å². The summed E-state index contributed by atoms with van der Waals surface area (Å²) in [5.41, 5.74) is 0. The molecule has 0 aromatic rings. The molecule has 0 spiro atoms. The van der Waals surface area contributed by atoms with Crippen molar-refractivity contribution in [3.05, 3.63) is 0 Å². The molecule has 36 heavy (non-hydrogen) atoms. The Morgan fingerprint density at radius 3 is 1.53 bits per heavy atom. The molecule has 202 valence electrons. The normalized spacial score (nSPS) is 22.7. The Bertz CT molecular complexity index is 1180. The Morgan fingerprint density at radius 1 is 0.833 bits per heavy atom. The molecule has 2 aliphatic rings. The summed E-state index contributed by atoms with van der Waals surface area (Å²) in [5, 5.41) is -4.39. The van der Waals surface area contributed by atoms with Crippen LogP contribution in [0.25, 0.3) is 0 Å². The largest absolute Gasteiger partial charge is 0.336 e. The number of nitrogens with zero attached hydrogens (tertiary/aromatic N) is 2. The van der Waals surface area contributed by atoms with E-state index in [1.54, 1.807) is 6.92 Å². The van der Waals surface area contributed by atoms with Crippen molar-refractivity contribution >= 4 is 55.8 Å². The number of hydrogen-bond acceptors (Lipinski definition) is 12. The molecule has 0 aromatic carbocycles. The molecule has 0 saturated carbocycles. The Morgan fingerprint density at radius 2 is 1.22 bits per heavy atom. The maximum Gasteiger partial charge on any atom is 0.336 e. The van der Waals surface area contributed by atoms with Gasteiger partial charge in [-0.1, -0.05) is 20.3 Å². The smallest absolute Gasteiger partial charge is 0.330 e. The molecule has 4 atom stereocenters. The minimum atomic E-state index is -4.93. The second-order valence-corrected chi connectivity index (χ2v) is 11.3. The van der Waals surface area contributed by atoms with Crippen LogP contribution in [0.4, 0.5) is 0 Å². The fourth-order valence-corrected chi connectivity index (χ4v) is 5.01. The maximum atomic E-state index is 12.7. The zero-order chi connectivity index (χ0) is 27.6. The van der Waals surface area contributed by atoms with Crippen LogP contribution in [-0.4, -0.2) is 82.1 Å². The van der Waals surface area contributed by atoms with Crippen molar-refractivity contribution in [2.75, 3.05) is 0 Å². The van der Waals surface area contributed by atoms with Gasteiger partial charge >= 0.3 is 11.9 Å². The van der Waals surface area contributed by atoms with E-state index in [4.69, 9.17) is 18.8 Å². The first-order valence-corrected chi connectivity index (χ1v) is 13.6. The topological polar surface area (TPSA) is 236 Å². The van der Waals surface area contributed by atoms with Gasteiger partial charge in [0.1, 0.15) is 0 Å². The van der Waals surface area contributed by atoms with Crippen LogP contribution in [0, 0.1) is 11.8 Å². The van der Waals surface area contributed by atoms with Crippen LogP contribution in [0.15, 0.2) is 0 Å². The zero-order valence-corrected chi connectivity index (χ0v) is 20.7. The van der Waals surface area contributed by atoms with Crippen LogP contribution in [-0.2, 0) is 58.7 Å². The Labute approximate surface area is 205 Å². The number of rotatable bonds is 11. The first-order chi connectivity index (χ1) is 16.5. The highest BCUT2D eigenvalue weighted by molar-refractivity contribution is 7.87. The molecular weight excluding hydrogens is 532 g/mol. The molecule has 0 bridgehead atoms. The number of carbonyl (C=O) groups excluding carboxylic acids is 6. The molecule has 2 aliphatic heterocycles. The maximum absolute atomic E-state index is 12.7. The molecule has 16 nitrogen and oxygen atoms in total. The van der Waals surface area contributed by atoms with Crippen molar-refractivity contribution in [1.29, 1.82) is 0 Å². The summed E-state index contributed by atoms with van der Waals surface area (Å²) < 4.78 is 63.1. The summed E-state index contributed by atoms with van der Waals surface area (Å²) in [7, 11) is -9.86. The monoisotopic (exact) mass is 556 g/mol. The van der Waals surface area contributed by atoms with Crippen molar-refractivity contribution in [2.45, 2.75) is 62.9 Å². The van der Waals surface area contributed by atoms with Crippen molar-refractivity contribution in [1.82, 2.24) is 10.1 Å². The predicted octanol–water partition coefficient (Wildman–Crippen LogP) is -1.23. The lowest BCUT2D eigenvalue weighted by molar-refractivity contribution is -0.204. The van der Waals surface area contributed by atoms with E-state index in [0.29, 0.717) is 6.42 Å². The van der Waals surface area contributed by atoms with E-state index >= 15 is 0 Å². The Kier molecular flexibility index (Phi) is 8.92. The van der Waals surface area contributed by atoms with Gasteiger partial charge in [0.15, 0.2) is 10.5 Å². The van der Waals surface area contributed by atoms with Gasteiger partial charge in [-0.25, -0.2) is 9.59 Å². The second kappa shape index (κ2) is 11.0. The van der Waals surface area contributed by atoms with Crippen LogP contribution in [0.3, 0.4) is 0 Å². The molecule has 2 saturated heterocycles. The third-order valence-corrected chi connectivity index (χ3v) is 7.75. The van der Waals surface area contributed by atoms with Crippen molar-refractivity contribution < 1.29 is 64.4 Å². The number of amides is 4. The van der Waals surface area contributed by atoms with E-state index in [1.807, 2.05) is 0 Å². The average Bonchev–Trinajstić information content (AvgIpc) is 3.21. The molecule has 0 radical (unpaired) electrons. The molecule has 4 amide bonds. The third kappa shape index (κ3) is 6.42. The van der Waals surface area contributed by atoms with Crippen molar-refractivity contribution in [3.8, 4) is 0 Å². The number of hydroxylamine groups is 4. The summed E-state index contributed by atoms with van der Waals surface area (Å²) in [6.45, 7) is 3.16. The van der Waals surface area contributed by atoms with Gasteiger partial charge in [-0.3, -0.25) is 28.3 Å². The van der Waals surface area contributed by atoms with Gasteiger partial charge in [-0.2, -0.15) is 16.8 Å². The van der Waals surface area contributed by atoms with Crippen LogP contribution in [0.1, 0.15) is 52.4 Å². The lowest BCUT2D eigenvalue weighted by Gasteiger charge is -2.23. The van der Waals surface area contributed by atoms with Gasteiger partial charge < -0.3 is 9.68 Å². The molecular formula is C18H24N2O14S2. The third-order valence-electron chi connectivity index (χ3n) is 5.57. The fourth-order valence-electron chi connectivity index (χ4n) is 3.60. The SMILES string of the molecule is CCCC(CC(CC)C(=O)ON1C(=O)CC(S(=O)(=O)O)C1=O)C(=O)ON1C(=O)CC(S(=O)(=O)O)C1=O. The van der Waals surface area contributed by atoms with Gasteiger partial charge in [-0.05, 0) is 19.3 Å². The quantitative estimate of drug-likeness (QED) is 0.224. The van der Waals surface area contributed by atoms with Crippen LogP contribution in [0.5, 0.6) is 0 Å². The molecule has 2 rings (SSSR count). The minimum Gasteiger partial charge on any atom is -0.330 e. The van der Waals surface area contributed by atoms with Crippen molar-refractivity contribution in [3.63, 3.8) is 0 Å². The van der Waals surface area contributed by atoms with Crippen LogP contribution in [0.2, 0.25) is 0 Å². The number of hydrogen-bond donors (Lipinski definition) is 2. The highest BCUT2D eigenvalue weighted by Crippen LogP contribution is 2.27. The van der Waals surface area contributed by atoms with E-state index in [0.717, 1.165) is 0 Å². The van der Waals surface area contributed by atoms with Gasteiger partial charge in [0.05, 0.1) is 24.7 Å². The zero-order valence-electron chi connectivity index (χ0n) is 19.1. The predicted molar refractivity (Wildman–Crippen MR) is 113 cm³/mol. The molecule has 2 fully saturated rings. The lowest BCUT2D eigenvalue weighted by Crippen LogP contribution is -2.40. The molecule has 0 aromatic heterocycles. The van der Waals surface area contributed by atoms with E-state index in [2.05, 4.69) is 0 Å². The summed E-state index contributed by atoms with van der Waals surface area (Å²) in [4.78, 5) is 82.8. The molecule has 4 unspecified atom stereocenters. The molecule has 0 aliphatic carbocycles. The van der Waals surface area contributed by atoms with Crippen LogP contribution >= 0.6 is 0 Å². The Hall–Kier alpha value is -2.96. The summed E-state index contributed by atoms with van der Waals surface area (Å²) in [5.74, 6) is -9.91. The summed E-state index contributed by atoms with van der Waals surface area (Å²) >= 11 is 0. The fraction of sp³-hybridized carbons (Fsp3) is 0.667. The minimum absolute atomic E-state index is 0.0106. The lowest BCUT2D eigenvalue weighted by atomic mass is 9.89. The average molecular weight is 557 g/mol. The van der Waals surface area contributed by atoms with Crippen LogP contribution < -0.4 is 0 Å². The second-order valence-electron chi connectivity index (χ2n) is 8.12. The van der Waals surface area contributed by atoms with E-state index in [9.17, 15) is 45.6 Å². The summed E-state index contributed by atoms with van der Waals surface area (Å²) in [6.07, 6.45) is -1.73. The summed E-state index contributed by atoms with van der Waals surface area (Å²) in [6, 6.07) is 0. The highest BCUT2D eigenvalue weighted by atomic mass is 32.2. The molecule has 18 heteroatoms. The first-order valence-electron chi connectivity index (χ1n) is 10.6. The van der Waals surface area contributed by atoms with E-state index in [-0.39, 0.29) is 29.4 Å². The molecule has 2 heterocycles. The van der Waals surface area contributed by atoms with E-state index < -0.39 is 91.0 Å².